The van der Waals surface area contributed by atoms with Crippen LogP contribution in [0.1, 0.15) is 22.4 Å². The minimum atomic E-state index is -4.95. The first-order valence-corrected chi connectivity index (χ1v) is 8.28. The van der Waals surface area contributed by atoms with E-state index in [9.17, 15) is 31.4 Å². The molecule has 0 saturated carbocycles. The largest absolute Gasteiger partial charge is 0.504 e. The molecular formula is C18H16F6N4O. The number of nitrogens with zero attached hydrogens (tertiary/aromatic N) is 3. The van der Waals surface area contributed by atoms with Crippen molar-refractivity contribution in [2.75, 3.05) is 5.01 Å². The first-order valence-electron chi connectivity index (χ1n) is 8.28. The van der Waals surface area contributed by atoms with Gasteiger partial charge in [-0.3, -0.25) is 10.4 Å². The summed E-state index contributed by atoms with van der Waals surface area (Å²) >= 11 is 0. The number of alkyl halides is 6. The zero-order chi connectivity index (χ0) is 21.7. The zero-order valence-corrected chi connectivity index (χ0v) is 15.4. The summed E-state index contributed by atoms with van der Waals surface area (Å²) in [6.45, 7) is 4.33. The summed E-state index contributed by atoms with van der Waals surface area (Å²) in [7, 11) is 0. The number of nitrogens with one attached hydrogen (secondary N) is 1. The highest BCUT2D eigenvalue weighted by atomic mass is 19.4. The molecule has 0 radical (unpaired) electrons. The number of allylic oxidation sites excluding steroid dienone is 2. The van der Waals surface area contributed by atoms with E-state index in [1.165, 1.54) is 26.1 Å². The highest BCUT2D eigenvalue weighted by Crippen LogP contribution is 2.38. The predicted molar refractivity (Wildman–Crippen MR) is 93.5 cm³/mol. The van der Waals surface area contributed by atoms with Gasteiger partial charge in [0.2, 0.25) is 0 Å². The van der Waals surface area contributed by atoms with Gasteiger partial charge >= 0.3 is 12.4 Å². The molecule has 2 aromatic rings. The summed E-state index contributed by atoms with van der Waals surface area (Å²) in [5, 5.41) is 15.1. The van der Waals surface area contributed by atoms with E-state index in [0.717, 1.165) is 28.0 Å². The summed E-state index contributed by atoms with van der Waals surface area (Å²) in [6, 6.07) is 3.23. The molecule has 0 spiro atoms. The lowest BCUT2D eigenvalue weighted by Crippen LogP contribution is -2.43. The molecule has 1 aliphatic rings. The number of aliphatic hydroxyl groups excluding tert-OH is 1. The number of aromatic nitrogens is 2. The Morgan fingerprint density at radius 1 is 0.966 bits per heavy atom. The van der Waals surface area contributed by atoms with Crippen molar-refractivity contribution in [1.29, 1.82) is 0 Å². The third kappa shape index (κ3) is 3.89. The molecule has 1 aromatic heterocycles. The second-order valence-electron chi connectivity index (χ2n) is 6.58. The summed E-state index contributed by atoms with van der Waals surface area (Å²) in [4.78, 5) is 0. The van der Waals surface area contributed by atoms with E-state index in [-0.39, 0.29) is 22.5 Å². The van der Waals surface area contributed by atoms with E-state index >= 15 is 0 Å². The summed E-state index contributed by atoms with van der Waals surface area (Å²) in [5.74, 6) is -1.08. The van der Waals surface area contributed by atoms with Crippen LogP contribution in [-0.2, 0) is 6.18 Å². The number of benzene rings is 1. The minimum Gasteiger partial charge on any atom is -0.504 e. The lowest BCUT2D eigenvalue weighted by Gasteiger charge is -2.33. The Labute approximate surface area is 161 Å². The summed E-state index contributed by atoms with van der Waals surface area (Å²) < 4.78 is 80.6. The van der Waals surface area contributed by atoms with Crippen LogP contribution < -0.4 is 10.4 Å². The van der Waals surface area contributed by atoms with E-state index in [1.54, 1.807) is 6.92 Å². The van der Waals surface area contributed by atoms with Crippen LogP contribution in [0.3, 0.4) is 0 Å². The smallest absolute Gasteiger partial charge is 0.436 e. The highest BCUT2D eigenvalue weighted by molar-refractivity contribution is 5.72. The number of hydrogen-bond acceptors (Lipinski definition) is 4. The molecule has 2 heterocycles. The van der Waals surface area contributed by atoms with Crippen LogP contribution in [0.4, 0.5) is 32.0 Å². The Morgan fingerprint density at radius 2 is 1.55 bits per heavy atom. The van der Waals surface area contributed by atoms with Crippen molar-refractivity contribution in [3.05, 3.63) is 64.4 Å². The Kier molecular flexibility index (Phi) is 4.80. The van der Waals surface area contributed by atoms with Crippen LogP contribution in [0.15, 0.2) is 42.1 Å². The van der Waals surface area contributed by atoms with Gasteiger partial charge in [-0.15, -0.1) is 0 Å². The SMILES string of the molecule is Cc1ccn(C2=CN(c3c(C)cc(C(F)(F)F)cc3C)NC(C(F)(F)F)=C2O)n1. The van der Waals surface area contributed by atoms with Gasteiger partial charge in [-0.25, -0.2) is 4.68 Å². The van der Waals surface area contributed by atoms with Crippen molar-refractivity contribution >= 4 is 11.4 Å². The van der Waals surface area contributed by atoms with Crippen molar-refractivity contribution in [1.82, 2.24) is 15.2 Å². The van der Waals surface area contributed by atoms with Gasteiger partial charge in [-0.2, -0.15) is 31.4 Å². The molecule has 0 amide bonds. The molecule has 2 N–H and O–H groups in total. The van der Waals surface area contributed by atoms with Gasteiger partial charge in [-0.05, 0) is 50.1 Å². The molecule has 156 valence electrons. The predicted octanol–water partition coefficient (Wildman–Crippen LogP) is 4.98. The number of hydrazine groups is 1. The average molecular weight is 418 g/mol. The Balaban J connectivity index is 2.17. The van der Waals surface area contributed by atoms with Crippen LogP contribution >= 0.6 is 0 Å². The standard InChI is InChI=1S/C18H16F6N4O/c1-9-6-12(17(19,20)21)7-10(2)14(9)28-8-13(27-5-4-11(3)25-27)15(29)16(26-28)18(22,23)24/h4-8,26,29H,1-3H3. The normalized spacial score (nSPS) is 15.5. The van der Waals surface area contributed by atoms with Crippen molar-refractivity contribution in [2.24, 2.45) is 0 Å². The maximum atomic E-state index is 13.5. The Morgan fingerprint density at radius 3 is 2.00 bits per heavy atom. The third-order valence-corrected chi connectivity index (χ3v) is 4.28. The minimum absolute atomic E-state index is 0.0913. The van der Waals surface area contributed by atoms with Gasteiger partial charge in [0.15, 0.2) is 11.5 Å². The quantitative estimate of drug-likeness (QED) is 0.676. The van der Waals surface area contributed by atoms with E-state index in [0.29, 0.717) is 5.69 Å². The topological polar surface area (TPSA) is 53.3 Å². The number of aliphatic hydroxyl groups is 1. The molecule has 1 aliphatic heterocycles. The maximum absolute atomic E-state index is 13.5. The second-order valence-corrected chi connectivity index (χ2v) is 6.58. The zero-order valence-electron chi connectivity index (χ0n) is 15.4. The van der Waals surface area contributed by atoms with Crippen molar-refractivity contribution < 1.29 is 31.4 Å². The number of halogens is 6. The lowest BCUT2D eigenvalue weighted by molar-refractivity contribution is -0.137. The lowest BCUT2D eigenvalue weighted by atomic mass is 10.0. The summed E-state index contributed by atoms with van der Waals surface area (Å²) in [6.07, 6.45) is -7.04. The van der Waals surface area contributed by atoms with Gasteiger partial charge < -0.3 is 5.11 Å². The first kappa shape index (κ1) is 20.6. The molecule has 0 fully saturated rings. The van der Waals surface area contributed by atoms with Gasteiger partial charge in [0.05, 0.1) is 23.1 Å². The number of hydrogen-bond donors (Lipinski definition) is 2. The molecule has 0 unspecified atom stereocenters. The Hall–Kier alpha value is -3.11. The van der Waals surface area contributed by atoms with E-state index in [4.69, 9.17) is 0 Å². The number of anilines is 1. The maximum Gasteiger partial charge on any atom is 0.436 e. The van der Waals surface area contributed by atoms with Crippen LogP contribution in [0.25, 0.3) is 5.70 Å². The van der Waals surface area contributed by atoms with Gasteiger partial charge in [0.1, 0.15) is 5.70 Å². The molecule has 5 nitrogen and oxygen atoms in total. The third-order valence-electron chi connectivity index (χ3n) is 4.28. The molecule has 1 aromatic carbocycles. The second kappa shape index (κ2) is 6.75. The summed E-state index contributed by atoms with van der Waals surface area (Å²) in [5.41, 5.74) is 0.177. The van der Waals surface area contributed by atoms with Crippen LogP contribution in [-0.4, -0.2) is 21.1 Å². The van der Waals surface area contributed by atoms with Crippen molar-refractivity contribution in [3.63, 3.8) is 0 Å². The fraction of sp³-hybridized carbons (Fsp3) is 0.278. The van der Waals surface area contributed by atoms with Crippen LogP contribution in [0.2, 0.25) is 0 Å². The van der Waals surface area contributed by atoms with Crippen LogP contribution in [0.5, 0.6) is 0 Å². The molecule has 0 bridgehead atoms. The van der Waals surface area contributed by atoms with E-state index < -0.39 is 29.4 Å². The first-order chi connectivity index (χ1) is 13.3. The number of aryl methyl sites for hydroxylation is 3. The fourth-order valence-corrected chi connectivity index (χ4v) is 3.05. The molecule has 3 rings (SSSR count). The van der Waals surface area contributed by atoms with Gasteiger partial charge in [0, 0.05) is 6.20 Å². The monoisotopic (exact) mass is 418 g/mol. The molecular weight excluding hydrogens is 402 g/mol. The van der Waals surface area contributed by atoms with Gasteiger partial charge in [0.25, 0.3) is 0 Å². The number of rotatable bonds is 2. The molecule has 29 heavy (non-hydrogen) atoms. The van der Waals surface area contributed by atoms with Crippen molar-refractivity contribution in [2.45, 2.75) is 33.1 Å². The fourth-order valence-electron chi connectivity index (χ4n) is 3.05. The molecule has 0 atom stereocenters. The Bertz CT molecular complexity index is 993. The van der Waals surface area contributed by atoms with E-state index in [1.807, 2.05) is 5.43 Å². The van der Waals surface area contributed by atoms with E-state index in [2.05, 4.69) is 5.10 Å². The van der Waals surface area contributed by atoms with Crippen LogP contribution in [0, 0.1) is 20.8 Å². The molecule has 0 saturated heterocycles. The average Bonchev–Trinajstić information content (AvgIpc) is 2.99. The molecule has 0 aliphatic carbocycles. The highest BCUT2D eigenvalue weighted by Gasteiger charge is 2.42. The molecule has 11 heteroatoms. The van der Waals surface area contributed by atoms with Gasteiger partial charge in [-0.1, -0.05) is 0 Å². The van der Waals surface area contributed by atoms with Crippen molar-refractivity contribution in [3.8, 4) is 0 Å².